The molecule has 0 aromatic carbocycles. The highest BCUT2D eigenvalue weighted by Gasteiger charge is 2.09. The molecule has 0 bridgehead atoms. The van der Waals surface area contributed by atoms with Gasteiger partial charge in [0, 0.05) is 6.92 Å². The SMILES string of the molecule is Cc1nnc(CSc2n[nH]c(-c3cccs3)n2)o1. The minimum Gasteiger partial charge on any atom is -0.425 e. The van der Waals surface area contributed by atoms with Crippen molar-refractivity contribution in [1.82, 2.24) is 25.4 Å². The van der Waals surface area contributed by atoms with Gasteiger partial charge >= 0.3 is 0 Å². The third-order valence-electron chi connectivity index (χ3n) is 2.11. The fourth-order valence-electron chi connectivity index (χ4n) is 1.36. The summed E-state index contributed by atoms with van der Waals surface area (Å²) in [6.07, 6.45) is 0. The Balaban J connectivity index is 1.67. The van der Waals surface area contributed by atoms with Gasteiger partial charge in [-0.25, -0.2) is 4.98 Å². The summed E-state index contributed by atoms with van der Waals surface area (Å²) in [4.78, 5) is 5.46. The van der Waals surface area contributed by atoms with E-state index < -0.39 is 0 Å². The van der Waals surface area contributed by atoms with Gasteiger partial charge in [0.05, 0.1) is 10.6 Å². The van der Waals surface area contributed by atoms with Crippen molar-refractivity contribution in [2.24, 2.45) is 0 Å². The van der Waals surface area contributed by atoms with Gasteiger partial charge < -0.3 is 4.42 Å². The molecule has 1 N–H and O–H groups in total. The van der Waals surface area contributed by atoms with Gasteiger partial charge in [-0.1, -0.05) is 17.8 Å². The number of aryl methyl sites for hydroxylation is 1. The van der Waals surface area contributed by atoms with Crippen LogP contribution in [0.1, 0.15) is 11.8 Å². The van der Waals surface area contributed by atoms with E-state index in [9.17, 15) is 0 Å². The molecule has 0 saturated heterocycles. The van der Waals surface area contributed by atoms with Crippen LogP contribution in [0.2, 0.25) is 0 Å². The maximum Gasteiger partial charge on any atom is 0.226 e. The molecule has 18 heavy (non-hydrogen) atoms. The van der Waals surface area contributed by atoms with Crippen LogP contribution in [0.25, 0.3) is 10.7 Å². The van der Waals surface area contributed by atoms with E-state index in [-0.39, 0.29) is 0 Å². The highest BCUT2D eigenvalue weighted by molar-refractivity contribution is 7.98. The first-order chi connectivity index (χ1) is 8.81. The summed E-state index contributed by atoms with van der Waals surface area (Å²) in [6, 6.07) is 3.98. The summed E-state index contributed by atoms with van der Waals surface area (Å²) < 4.78 is 5.28. The lowest BCUT2D eigenvalue weighted by atomic mass is 10.4. The van der Waals surface area contributed by atoms with Crippen LogP contribution in [0.3, 0.4) is 0 Å². The van der Waals surface area contributed by atoms with Crippen molar-refractivity contribution in [3.63, 3.8) is 0 Å². The average Bonchev–Trinajstić information content (AvgIpc) is 3.07. The predicted octanol–water partition coefficient (Wildman–Crippen LogP) is 2.52. The largest absolute Gasteiger partial charge is 0.425 e. The zero-order chi connectivity index (χ0) is 12.4. The highest BCUT2D eigenvalue weighted by Crippen LogP contribution is 2.24. The van der Waals surface area contributed by atoms with E-state index in [1.807, 2.05) is 17.5 Å². The lowest BCUT2D eigenvalue weighted by Crippen LogP contribution is -1.82. The molecule has 0 saturated carbocycles. The molecule has 0 spiro atoms. The van der Waals surface area contributed by atoms with Crippen LogP contribution in [0.5, 0.6) is 0 Å². The number of H-pyrrole nitrogens is 1. The Hall–Kier alpha value is -1.67. The molecule has 3 aromatic heterocycles. The van der Waals surface area contributed by atoms with Crippen LogP contribution in [0.15, 0.2) is 27.1 Å². The van der Waals surface area contributed by atoms with Gasteiger partial charge in [0.25, 0.3) is 0 Å². The van der Waals surface area contributed by atoms with Crippen LogP contribution in [0, 0.1) is 6.92 Å². The smallest absolute Gasteiger partial charge is 0.226 e. The summed E-state index contributed by atoms with van der Waals surface area (Å²) in [5.41, 5.74) is 0. The second kappa shape index (κ2) is 4.91. The third kappa shape index (κ3) is 2.44. The number of aromatic amines is 1. The average molecular weight is 279 g/mol. The molecule has 0 amide bonds. The monoisotopic (exact) mass is 279 g/mol. The van der Waals surface area contributed by atoms with Crippen molar-refractivity contribution in [3.05, 3.63) is 29.3 Å². The number of nitrogens with zero attached hydrogens (tertiary/aromatic N) is 4. The van der Waals surface area contributed by atoms with Crippen molar-refractivity contribution < 1.29 is 4.42 Å². The van der Waals surface area contributed by atoms with E-state index in [0.717, 1.165) is 10.7 Å². The first kappa shape index (κ1) is 11.4. The quantitative estimate of drug-likeness (QED) is 0.739. The Morgan fingerprint density at radius 2 is 2.39 bits per heavy atom. The topological polar surface area (TPSA) is 80.5 Å². The fourth-order valence-corrected chi connectivity index (χ4v) is 2.66. The number of thiophene rings is 1. The Morgan fingerprint density at radius 3 is 3.11 bits per heavy atom. The minimum atomic E-state index is 0.569. The number of rotatable bonds is 4. The number of aromatic nitrogens is 5. The molecule has 0 atom stereocenters. The molecule has 8 heteroatoms. The van der Waals surface area contributed by atoms with Crippen LogP contribution in [-0.2, 0) is 5.75 Å². The van der Waals surface area contributed by atoms with Crippen LogP contribution >= 0.6 is 23.1 Å². The predicted molar refractivity (Wildman–Crippen MR) is 68.3 cm³/mol. The minimum absolute atomic E-state index is 0.569. The van der Waals surface area contributed by atoms with Crippen molar-refractivity contribution in [1.29, 1.82) is 0 Å². The summed E-state index contributed by atoms with van der Waals surface area (Å²) >= 11 is 3.08. The molecular formula is C10H9N5OS2. The molecule has 0 unspecified atom stereocenters. The van der Waals surface area contributed by atoms with Crippen molar-refractivity contribution in [2.75, 3.05) is 0 Å². The van der Waals surface area contributed by atoms with Gasteiger partial charge in [-0.3, -0.25) is 5.10 Å². The summed E-state index contributed by atoms with van der Waals surface area (Å²) in [7, 11) is 0. The van der Waals surface area contributed by atoms with E-state index in [2.05, 4.69) is 25.4 Å². The Kier molecular flexibility index (Phi) is 3.11. The summed E-state index contributed by atoms with van der Waals surface area (Å²) in [6.45, 7) is 1.77. The van der Waals surface area contributed by atoms with Gasteiger partial charge in [-0.15, -0.1) is 26.6 Å². The number of thioether (sulfide) groups is 1. The number of hydrogen-bond donors (Lipinski definition) is 1. The van der Waals surface area contributed by atoms with Gasteiger partial charge in [-0.05, 0) is 11.4 Å². The normalized spacial score (nSPS) is 10.9. The first-order valence-corrected chi connectivity index (χ1v) is 7.06. The van der Waals surface area contributed by atoms with E-state index in [1.54, 1.807) is 18.3 Å². The highest BCUT2D eigenvalue weighted by atomic mass is 32.2. The number of hydrogen-bond acceptors (Lipinski definition) is 7. The van der Waals surface area contributed by atoms with Gasteiger partial charge in [0.2, 0.25) is 16.9 Å². The van der Waals surface area contributed by atoms with Crippen molar-refractivity contribution in [2.45, 2.75) is 17.8 Å². The molecule has 3 rings (SSSR count). The van der Waals surface area contributed by atoms with E-state index in [0.29, 0.717) is 22.7 Å². The summed E-state index contributed by atoms with van der Waals surface area (Å²) in [5, 5.41) is 17.4. The zero-order valence-electron chi connectivity index (χ0n) is 9.45. The van der Waals surface area contributed by atoms with Crippen LogP contribution < -0.4 is 0 Å². The molecule has 0 aliphatic carbocycles. The number of nitrogens with one attached hydrogen (secondary N) is 1. The van der Waals surface area contributed by atoms with Gasteiger partial charge in [-0.2, -0.15) is 0 Å². The molecule has 0 fully saturated rings. The fraction of sp³-hybridized carbons (Fsp3) is 0.200. The standard InChI is InChI=1S/C10H9N5OS2/c1-6-12-13-8(16-6)5-18-10-11-9(14-15-10)7-3-2-4-17-7/h2-4H,5H2,1H3,(H,11,14,15). The lowest BCUT2D eigenvalue weighted by molar-refractivity contribution is 0.485. The third-order valence-corrected chi connectivity index (χ3v) is 3.82. The van der Waals surface area contributed by atoms with Crippen LogP contribution in [0.4, 0.5) is 0 Å². The Morgan fingerprint density at radius 1 is 1.44 bits per heavy atom. The molecule has 0 aliphatic heterocycles. The molecule has 6 nitrogen and oxygen atoms in total. The Labute approximate surface area is 111 Å². The van der Waals surface area contributed by atoms with Crippen molar-refractivity contribution in [3.8, 4) is 10.7 Å². The van der Waals surface area contributed by atoms with Crippen LogP contribution in [-0.4, -0.2) is 25.4 Å². The second-order valence-corrected chi connectivity index (χ2v) is 5.34. The van der Waals surface area contributed by atoms with E-state index >= 15 is 0 Å². The van der Waals surface area contributed by atoms with E-state index in [4.69, 9.17) is 4.42 Å². The molecule has 3 aromatic rings. The molecule has 3 heterocycles. The Bertz CT molecular complexity index is 630. The molecular weight excluding hydrogens is 270 g/mol. The van der Waals surface area contributed by atoms with E-state index in [1.165, 1.54) is 11.8 Å². The van der Waals surface area contributed by atoms with Gasteiger partial charge in [0.15, 0.2) is 5.82 Å². The molecule has 92 valence electrons. The maximum absolute atomic E-state index is 5.28. The van der Waals surface area contributed by atoms with Gasteiger partial charge in [0.1, 0.15) is 0 Å². The van der Waals surface area contributed by atoms with Crippen molar-refractivity contribution >= 4 is 23.1 Å². The zero-order valence-corrected chi connectivity index (χ0v) is 11.1. The summed E-state index contributed by atoms with van der Waals surface area (Å²) in [5.74, 6) is 2.51. The second-order valence-electron chi connectivity index (χ2n) is 3.45. The first-order valence-electron chi connectivity index (χ1n) is 5.19. The molecule has 0 radical (unpaired) electrons. The maximum atomic E-state index is 5.28. The lowest BCUT2D eigenvalue weighted by Gasteiger charge is -1.89. The molecule has 0 aliphatic rings.